The smallest absolute Gasteiger partial charge is 0.229 e. The number of aliphatic imine (C=N–C) groups is 1. The molecule has 33 heavy (non-hydrogen) atoms. The maximum Gasteiger partial charge on any atom is 0.229 e. The van der Waals surface area contributed by atoms with Crippen LogP contribution in [0.15, 0.2) is 20.5 Å². The zero-order valence-electron chi connectivity index (χ0n) is 19.3. The molecule has 1 aromatic rings. The number of rotatable bonds is 7. The highest BCUT2D eigenvalue weighted by Crippen LogP contribution is 2.36. The Morgan fingerprint density at radius 1 is 1.27 bits per heavy atom. The quantitative estimate of drug-likeness (QED) is 0.506. The van der Waals surface area contributed by atoms with Crippen LogP contribution in [0.5, 0.6) is 0 Å². The standard InChI is InChI=1S/C12H14N2O.C10H20N4O3S/c15-7-13-12-8-3-1-5-10(8)14-11-6-2-4-9(11)12;1-3-4-16-8-6-14-10(17-7-8)9(5-11)18(12,15)13-2/h7H,1-6H2,(H,13,14,15);5,8H,3-4,6-7,11H2,1-2H3,(H2,12,13,15)/b;9-5+. The minimum atomic E-state index is -3.03. The van der Waals surface area contributed by atoms with Crippen LogP contribution < -0.4 is 16.2 Å². The van der Waals surface area contributed by atoms with Gasteiger partial charge in [0.15, 0.2) is 0 Å². The van der Waals surface area contributed by atoms with Crippen LogP contribution in [-0.4, -0.2) is 54.4 Å². The molecule has 3 aliphatic rings. The highest BCUT2D eigenvalue weighted by Gasteiger charge is 2.25. The Morgan fingerprint density at radius 3 is 2.42 bits per heavy atom. The van der Waals surface area contributed by atoms with Crippen LogP contribution in [-0.2, 0) is 49.9 Å². The molecule has 5 N–H and O–H groups in total. The third-order valence-electron chi connectivity index (χ3n) is 5.80. The molecule has 2 aliphatic carbocycles. The molecule has 0 saturated carbocycles. The zero-order valence-corrected chi connectivity index (χ0v) is 20.2. The summed E-state index contributed by atoms with van der Waals surface area (Å²) in [5.74, 6) is 0.187. The van der Waals surface area contributed by atoms with E-state index in [4.69, 9.17) is 25.3 Å². The molecule has 11 heteroatoms. The van der Waals surface area contributed by atoms with E-state index in [1.54, 1.807) is 0 Å². The van der Waals surface area contributed by atoms with Gasteiger partial charge in [-0.2, -0.15) is 0 Å². The van der Waals surface area contributed by atoms with Crippen LogP contribution in [0.3, 0.4) is 0 Å². The fraction of sp³-hybridized carbons (Fsp3) is 0.591. The molecule has 0 radical (unpaired) electrons. The summed E-state index contributed by atoms with van der Waals surface area (Å²) in [6.07, 6.45) is 9.45. The van der Waals surface area contributed by atoms with E-state index >= 15 is 0 Å². The van der Waals surface area contributed by atoms with Gasteiger partial charge in [-0.15, -0.1) is 0 Å². The number of nitrogens with two attached hydrogens (primary N) is 2. The average Bonchev–Trinajstić information content (AvgIpc) is 3.49. The van der Waals surface area contributed by atoms with Gasteiger partial charge in [-0.05, 0) is 56.1 Å². The van der Waals surface area contributed by atoms with Crippen LogP contribution in [0.4, 0.5) is 5.69 Å². The maximum absolute atomic E-state index is 11.9. The summed E-state index contributed by atoms with van der Waals surface area (Å²) in [4.78, 5) is 19.6. The van der Waals surface area contributed by atoms with Gasteiger partial charge in [0.25, 0.3) is 0 Å². The summed E-state index contributed by atoms with van der Waals surface area (Å²) in [6, 6.07) is 0. The van der Waals surface area contributed by atoms with Gasteiger partial charge in [0.2, 0.25) is 12.3 Å². The molecule has 0 fully saturated rings. The topological polar surface area (TPSA) is 154 Å². The van der Waals surface area contributed by atoms with E-state index in [-0.39, 0.29) is 16.9 Å². The number of aryl methyl sites for hydroxylation is 2. The molecule has 1 aliphatic heterocycles. The van der Waals surface area contributed by atoms with Crippen LogP contribution >= 0.6 is 0 Å². The van der Waals surface area contributed by atoms with Crippen molar-refractivity contribution in [1.29, 1.82) is 0 Å². The number of nitrogens with zero attached hydrogens (tertiary/aromatic N) is 3. The number of amides is 1. The zero-order chi connectivity index (χ0) is 23.8. The van der Waals surface area contributed by atoms with Gasteiger partial charge in [0, 0.05) is 31.2 Å². The van der Waals surface area contributed by atoms with Crippen LogP contribution in [0.25, 0.3) is 0 Å². The van der Waals surface area contributed by atoms with Crippen molar-refractivity contribution < 1.29 is 18.5 Å². The van der Waals surface area contributed by atoms with Gasteiger partial charge in [-0.25, -0.2) is 18.7 Å². The largest absolute Gasteiger partial charge is 0.474 e. The summed E-state index contributed by atoms with van der Waals surface area (Å²) in [6.45, 7) is 3.47. The lowest BCUT2D eigenvalue weighted by Gasteiger charge is -2.23. The maximum atomic E-state index is 11.9. The van der Waals surface area contributed by atoms with Crippen molar-refractivity contribution in [3.63, 3.8) is 0 Å². The van der Waals surface area contributed by atoms with Crippen molar-refractivity contribution in [2.75, 3.05) is 32.1 Å². The molecule has 0 bridgehead atoms. The first-order valence-corrected chi connectivity index (χ1v) is 12.9. The predicted octanol–water partition coefficient (Wildman–Crippen LogP) is 1.61. The number of anilines is 1. The highest BCUT2D eigenvalue weighted by molar-refractivity contribution is 7.96. The molecular formula is C22H34N6O4S. The number of fused-ring (bicyclic) bond motifs is 2. The summed E-state index contributed by atoms with van der Waals surface area (Å²) >= 11 is 0. The van der Waals surface area contributed by atoms with Gasteiger partial charge in [0.1, 0.15) is 27.5 Å². The number of carbonyl (C=O) groups excluding carboxylic acids is 1. The van der Waals surface area contributed by atoms with Gasteiger partial charge >= 0.3 is 0 Å². The average molecular weight is 479 g/mol. The normalized spacial score (nSPS) is 20.9. The number of aromatic nitrogens is 1. The minimum Gasteiger partial charge on any atom is -0.474 e. The summed E-state index contributed by atoms with van der Waals surface area (Å²) in [5.41, 5.74) is 11.5. The monoisotopic (exact) mass is 478 g/mol. The molecule has 182 valence electrons. The van der Waals surface area contributed by atoms with E-state index in [9.17, 15) is 9.00 Å². The van der Waals surface area contributed by atoms with Crippen molar-refractivity contribution in [3.05, 3.63) is 33.6 Å². The molecule has 2 heterocycles. The second-order valence-corrected chi connectivity index (χ2v) is 9.98. The number of pyridine rings is 1. The Hall–Kier alpha value is -2.50. The first kappa shape index (κ1) is 25.1. The number of nitrogens with one attached hydrogen (secondary N) is 1. The fourth-order valence-corrected chi connectivity index (χ4v) is 4.97. The molecule has 2 atom stereocenters. The second-order valence-electron chi connectivity index (χ2n) is 8.04. The predicted molar refractivity (Wildman–Crippen MR) is 129 cm³/mol. The van der Waals surface area contributed by atoms with E-state index < -0.39 is 9.92 Å². The molecule has 10 nitrogen and oxygen atoms in total. The lowest BCUT2D eigenvalue weighted by Crippen LogP contribution is -2.34. The number of ether oxygens (including phenoxy) is 2. The van der Waals surface area contributed by atoms with Gasteiger partial charge in [-0.3, -0.25) is 9.78 Å². The SMILES string of the molecule is CCCOC1CN=C(/C(=C\N)S(N)(=O)=NC)OC1.O=CNc1c2c(nc3c1CCC3)CCC2. The lowest BCUT2D eigenvalue weighted by molar-refractivity contribution is -0.105. The van der Waals surface area contributed by atoms with Crippen LogP contribution in [0.1, 0.15) is 48.7 Å². The highest BCUT2D eigenvalue weighted by atomic mass is 32.2. The first-order valence-electron chi connectivity index (χ1n) is 11.3. The molecule has 0 spiro atoms. The van der Waals surface area contributed by atoms with Gasteiger partial charge in [-0.1, -0.05) is 6.92 Å². The van der Waals surface area contributed by atoms with Crippen LogP contribution in [0, 0.1) is 0 Å². The molecule has 2 unspecified atom stereocenters. The second kappa shape index (κ2) is 11.6. The van der Waals surface area contributed by atoms with E-state index in [0.29, 0.717) is 19.8 Å². The van der Waals surface area contributed by atoms with E-state index in [1.165, 1.54) is 42.4 Å². The Morgan fingerprint density at radius 2 is 1.94 bits per heavy atom. The number of hydrogen-bond acceptors (Lipinski definition) is 8. The number of hydrogen-bond donors (Lipinski definition) is 3. The molecule has 0 saturated heterocycles. The molecule has 1 aromatic heterocycles. The lowest BCUT2D eigenvalue weighted by atomic mass is 10.1. The van der Waals surface area contributed by atoms with Crippen molar-refractivity contribution in [3.8, 4) is 0 Å². The van der Waals surface area contributed by atoms with E-state index in [0.717, 1.165) is 50.4 Å². The molecule has 1 amide bonds. The summed E-state index contributed by atoms with van der Waals surface area (Å²) in [7, 11) is -1.67. The third-order valence-corrected chi connectivity index (χ3v) is 7.29. The Balaban J connectivity index is 0.000000188. The van der Waals surface area contributed by atoms with E-state index in [1.807, 2.05) is 6.92 Å². The van der Waals surface area contributed by atoms with Crippen LogP contribution in [0.2, 0.25) is 0 Å². The minimum absolute atomic E-state index is 0.0832. The molecular weight excluding hydrogens is 444 g/mol. The van der Waals surface area contributed by atoms with Crippen molar-refractivity contribution in [2.24, 2.45) is 20.2 Å². The van der Waals surface area contributed by atoms with Crippen molar-refractivity contribution >= 4 is 27.9 Å². The van der Waals surface area contributed by atoms with Crippen molar-refractivity contribution in [1.82, 2.24) is 4.98 Å². The fourth-order valence-electron chi connectivity index (χ4n) is 4.20. The first-order chi connectivity index (χ1) is 15.9. The Labute approximate surface area is 195 Å². The van der Waals surface area contributed by atoms with Gasteiger partial charge < -0.3 is 20.5 Å². The van der Waals surface area contributed by atoms with Crippen molar-refractivity contribution in [2.45, 2.75) is 58.0 Å². The summed E-state index contributed by atoms with van der Waals surface area (Å²) in [5, 5.41) is 8.42. The molecule has 4 rings (SSSR count). The molecule has 0 aromatic carbocycles. The van der Waals surface area contributed by atoms with E-state index in [2.05, 4.69) is 14.7 Å². The third kappa shape index (κ3) is 5.90. The number of carbonyl (C=O) groups is 1. The summed E-state index contributed by atoms with van der Waals surface area (Å²) < 4.78 is 26.4. The Bertz CT molecular complexity index is 1010. The Kier molecular flexibility index (Phi) is 8.81. The van der Waals surface area contributed by atoms with Gasteiger partial charge in [0.05, 0.1) is 12.2 Å².